The molecule has 2 aromatic carbocycles. The summed E-state index contributed by atoms with van der Waals surface area (Å²) in [6, 6.07) is 12.4. The molecule has 2 amide bonds. The summed E-state index contributed by atoms with van der Waals surface area (Å²) >= 11 is 6.00. The Balaban J connectivity index is 1.38. The van der Waals surface area contributed by atoms with Crippen LogP contribution in [-0.2, 0) is 4.79 Å². The fourth-order valence-electron chi connectivity index (χ4n) is 3.39. The zero-order valence-electron chi connectivity index (χ0n) is 16.1. The van der Waals surface area contributed by atoms with Gasteiger partial charge < -0.3 is 15.5 Å². The highest BCUT2D eigenvalue weighted by molar-refractivity contribution is 6.31. The van der Waals surface area contributed by atoms with Gasteiger partial charge in [-0.15, -0.1) is 0 Å². The van der Waals surface area contributed by atoms with E-state index >= 15 is 0 Å². The summed E-state index contributed by atoms with van der Waals surface area (Å²) in [4.78, 5) is 34.8. The van der Waals surface area contributed by atoms with Gasteiger partial charge in [-0.05, 0) is 55.0 Å². The molecule has 1 aliphatic heterocycles. The summed E-state index contributed by atoms with van der Waals surface area (Å²) in [5, 5.41) is 7.50. The first kappa shape index (κ1) is 19.8. The van der Waals surface area contributed by atoms with Crippen LogP contribution in [-0.4, -0.2) is 45.8 Å². The van der Waals surface area contributed by atoms with Crippen molar-refractivity contribution in [3.8, 4) is 0 Å². The van der Waals surface area contributed by atoms with E-state index in [0.717, 1.165) is 17.3 Å². The number of rotatable bonds is 5. The molecule has 0 bridgehead atoms. The number of carbonyl (C=O) groups is 2. The molecular weight excluding hydrogens is 402 g/mol. The topological polar surface area (TPSA) is 87.2 Å². The summed E-state index contributed by atoms with van der Waals surface area (Å²) in [6.45, 7) is 4.63. The third-order valence-electron chi connectivity index (χ3n) is 4.94. The molecule has 2 heterocycles. The van der Waals surface area contributed by atoms with E-state index in [2.05, 4.69) is 27.2 Å². The van der Waals surface area contributed by atoms with Gasteiger partial charge in [0, 0.05) is 47.0 Å². The fourth-order valence-corrected chi connectivity index (χ4v) is 3.57. The zero-order chi connectivity index (χ0) is 21.1. The summed E-state index contributed by atoms with van der Waals surface area (Å²) in [5.41, 5.74) is 2.00. The summed E-state index contributed by atoms with van der Waals surface area (Å²) in [6.07, 6.45) is 3.74. The van der Waals surface area contributed by atoms with Crippen molar-refractivity contribution in [2.75, 3.05) is 23.7 Å². The van der Waals surface area contributed by atoms with Crippen LogP contribution >= 0.6 is 11.6 Å². The standard InChI is InChI=1S/C22H20ClN5O2/c1-2-20(29)25-17-6-3-14(4-7-17)21(30)28-10-9-18(13-28)26-22-24-12-15-11-16(23)5-8-19(15)27-22/h2-8,11-12,18H,1,9-10,13H2,(H,25,29)(H,24,26,27)/t18-/m1/s1. The van der Waals surface area contributed by atoms with Crippen molar-refractivity contribution in [1.29, 1.82) is 0 Å². The molecule has 2 N–H and O–H groups in total. The lowest BCUT2D eigenvalue weighted by molar-refractivity contribution is -0.111. The van der Waals surface area contributed by atoms with Crippen LogP contribution in [0.2, 0.25) is 5.02 Å². The molecule has 1 saturated heterocycles. The van der Waals surface area contributed by atoms with E-state index in [0.29, 0.717) is 35.3 Å². The van der Waals surface area contributed by atoms with E-state index in [1.807, 2.05) is 12.1 Å². The number of nitrogens with zero attached hydrogens (tertiary/aromatic N) is 3. The lowest BCUT2D eigenvalue weighted by Crippen LogP contribution is -2.31. The van der Waals surface area contributed by atoms with Crippen LogP contribution < -0.4 is 10.6 Å². The summed E-state index contributed by atoms with van der Waals surface area (Å²) < 4.78 is 0. The molecule has 152 valence electrons. The second kappa shape index (κ2) is 8.51. The minimum atomic E-state index is -0.290. The Morgan fingerprint density at radius 3 is 2.77 bits per heavy atom. The minimum absolute atomic E-state index is 0.0463. The average molecular weight is 422 g/mol. The number of nitrogens with one attached hydrogen (secondary N) is 2. The maximum absolute atomic E-state index is 12.8. The van der Waals surface area contributed by atoms with E-state index in [-0.39, 0.29) is 17.9 Å². The van der Waals surface area contributed by atoms with Gasteiger partial charge in [-0.3, -0.25) is 9.59 Å². The summed E-state index contributed by atoms with van der Waals surface area (Å²) in [5.74, 6) is 0.197. The molecular formula is C22H20ClN5O2. The number of hydrogen-bond donors (Lipinski definition) is 2. The molecule has 0 unspecified atom stereocenters. The molecule has 7 nitrogen and oxygen atoms in total. The van der Waals surface area contributed by atoms with Gasteiger partial charge in [0.1, 0.15) is 0 Å². The SMILES string of the molecule is C=CC(=O)Nc1ccc(C(=O)N2CC[C@@H](Nc3ncc4cc(Cl)ccc4n3)C2)cc1. The Labute approximate surface area is 178 Å². The average Bonchev–Trinajstić information content (AvgIpc) is 3.22. The van der Waals surface area contributed by atoms with Crippen LogP contribution in [0.3, 0.4) is 0 Å². The quantitative estimate of drug-likeness (QED) is 0.613. The van der Waals surface area contributed by atoms with Gasteiger partial charge in [-0.25, -0.2) is 9.97 Å². The van der Waals surface area contributed by atoms with Crippen molar-refractivity contribution in [1.82, 2.24) is 14.9 Å². The van der Waals surface area contributed by atoms with E-state index in [9.17, 15) is 9.59 Å². The Bertz CT molecular complexity index is 1120. The summed E-state index contributed by atoms with van der Waals surface area (Å²) in [7, 11) is 0. The third-order valence-corrected chi connectivity index (χ3v) is 5.17. The van der Waals surface area contributed by atoms with Gasteiger partial charge in [0.05, 0.1) is 5.52 Å². The van der Waals surface area contributed by atoms with Crippen molar-refractivity contribution in [3.05, 3.63) is 71.9 Å². The van der Waals surface area contributed by atoms with Crippen molar-refractivity contribution in [2.24, 2.45) is 0 Å². The van der Waals surface area contributed by atoms with E-state index < -0.39 is 0 Å². The number of benzene rings is 2. The largest absolute Gasteiger partial charge is 0.350 e. The molecule has 3 aromatic rings. The lowest BCUT2D eigenvalue weighted by Gasteiger charge is -2.17. The molecule has 8 heteroatoms. The van der Waals surface area contributed by atoms with Crippen molar-refractivity contribution < 1.29 is 9.59 Å². The second-order valence-electron chi connectivity index (χ2n) is 7.05. The molecule has 1 aromatic heterocycles. The Kier molecular flexibility index (Phi) is 5.63. The van der Waals surface area contributed by atoms with Crippen LogP contribution in [0.4, 0.5) is 11.6 Å². The monoisotopic (exact) mass is 421 g/mol. The number of likely N-dealkylation sites (tertiary alicyclic amines) is 1. The normalized spacial score (nSPS) is 15.8. The Morgan fingerprint density at radius 1 is 1.20 bits per heavy atom. The first-order valence-corrected chi connectivity index (χ1v) is 9.91. The van der Waals surface area contributed by atoms with Crippen molar-refractivity contribution in [3.63, 3.8) is 0 Å². The molecule has 0 aliphatic carbocycles. The fraction of sp³-hybridized carbons (Fsp3) is 0.182. The molecule has 30 heavy (non-hydrogen) atoms. The maximum Gasteiger partial charge on any atom is 0.253 e. The van der Waals surface area contributed by atoms with Crippen molar-refractivity contribution in [2.45, 2.75) is 12.5 Å². The zero-order valence-corrected chi connectivity index (χ0v) is 16.9. The van der Waals surface area contributed by atoms with Gasteiger partial charge in [0.2, 0.25) is 11.9 Å². The van der Waals surface area contributed by atoms with Crippen LogP contribution in [0, 0.1) is 0 Å². The number of hydrogen-bond acceptors (Lipinski definition) is 5. The number of aromatic nitrogens is 2. The molecule has 0 saturated carbocycles. The van der Waals surface area contributed by atoms with E-state index in [4.69, 9.17) is 11.6 Å². The second-order valence-corrected chi connectivity index (χ2v) is 7.49. The number of anilines is 2. The van der Waals surface area contributed by atoms with E-state index in [1.54, 1.807) is 41.4 Å². The van der Waals surface area contributed by atoms with Gasteiger partial charge >= 0.3 is 0 Å². The molecule has 0 spiro atoms. The van der Waals surface area contributed by atoms with Crippen LogP contribution in [0.15, 0.2) is 61.3 Å². The number of fused-ring (bicyclic) bond motifs is 1. The molecule has 1 aliphatic rings. The van der Waals surface area contributed by atoms with Crippen LogP contribution in [0.5, 0.6) is 0 Å². The van der Waals surface area contributed by atoms with Crippen LogP contribution in [0.25, 0.3) is 10.9 Å². The highest BCUT2D eigenvalue weighted by Gasteiger charge is 2.27. The van der Waals surface area contributed by atoms with Crippen molar-refractivity contribution >= 4 is 46.0 Å². The number of halogens is 1. The van der Waals surface area contributed by atoms with Gasteiger partial charge in [-0.2, -0.15) is 0 Å². The predicted molar refractivity (Wildman–Crippen MR) is 118 cm³/mol. The van der Waals surface area contributed by atoms with E-state index in [1.165, 1.54) is 6.08 Å². The van der Waals surface area contributed by atoms with Crippen LogP contribution in [0.1, 0.15) is 16.8 Å². The van der Waals surface area contributed by atoms with Gasteiger partial charge in [0.25, 0.3) is 5.91 Å². The Hall–Kier alpha value is -3.45. The number of amides is 2. The Morgan fingerprint density at radius 2 is 2.00 bits per heavy atom. The lowest BCUT2D eigenvalue weighted by atomic mass is 10.2. The minimum Gasteiger partial charge on any atom is -0.350 e. The predicted octanol–water partition coefficient (Wildman–Crippen LogP) is 3.73. The number of carbonyl (C=O) groups excluding carboxylic acids is 2. The third kappa shape index (κ3) is 4.41. The molecule has 1 atom stereocenters. The first-order valence-electron chi connectivity index (χ1n) is 9.53. The first-order chi connectivity index (χ1) is 14.5. The molecule has 1 fully saturated rings. The highest BCUT2D eigenvalue weighted by atomic mass is 35.5. The molecule has 0 radical (unpaired) electrons. The van der Waals surface area contributed by atoms with Gasteiger partial charge in [-0.1, -0.05) is 18.2 Å². The van der Waals surface area contributed by atoms with Gasteiger partial charge in [0.15, 0.2) is 0 Å². The smallest absolute Gasteiger partial charge is 0.253 e. The molecule has 4 rings (SSSR count). The maximum atomic E-state index is 12.8. The highest BCUT2D eigenvalue weighted by Crippen LogP contribution is 2.21.